The van der Waals surface area contributed by atoms with E-state index in [1.807, 2.05) is 5.51 Å². The molecule has 1 fully saturated rings. The number of aryl methyl sites for hydroxylation is 1. The van der Waals surface area contributed by atoms with Crippen LogP contribution in [0.1, 0.15) is 36.8 Å². The molecule has 1 aliphatic rings. The van der Waals surface area contributed by atoms with Crippen LogP contribution in [0.25, 0.3) is 0 Å². The smallest absolute Gasteiger partial charge is 0.0797 e. The Hall–Kier alpha value is -0.410. The van der Waals surface area contributed by atoms with E-state index >= 15 is 0 Å². The van der Waals surface area contributed by atoms with E-state index in [2.05, 4.69) is 24.1 Å². The van der Waals surface area contributed by atoms with Crippen LogP contribution >= 0.6 is 11.3 Å². The van der Waals surface area contributed by atoms with E-state index in [1.54, 1.807) is 11.3 Å². The third kappa shape index (κ3) is 3.29. The van der Waals surface area contributed by atoms with Gasteiger partial charge in [0.2, 0.25) is 0 Å². The van der Waals surface area contributed by atoms with E-state index in [-0.39, 0.29) is 0 Å². The first-order valence-corrected chi connectivity index (χ1v) is 7.23. The van der Waals surface area contributed by atoms with Gasteiger partial charge in [0.1, 0.15) is 0 Å². The molecule has 1 aromatic rings. The second-order valence-corrected chi connectivity index (χ2v) is 6.04. The second-order valence-electron chi connectivity index (χ2n) is 5.10. The molecule has 1 aliphatic carbocycles. The van der Waals surface area contributed by atoms with Gasteiger partial charge >= 0.3 is 0 Å². The molecule has 1 saturated carbocycles. The quantitative estimate of drug-likeness (QED) is 0.798. The predicted molar refractivity (Wildman–Crippen MR) is 69.9 cm³/mol. The number of hydrogen-bond donors (Lipinski definition) is 1. The van der Waals surface area contributed by atoms with Crippen molar-refractivity contribution in [3.63, 3.8) is 0 Å². The van der Waals surface area contributed by atoms with Crippen LogP contribution in [0.5, 0.6) is 0 Å². The van der Waals surface area contributed by atoms with Crippen molar-refractivity contribution in [3.05, 3.63) is 16.1 Å². The largest absolute Gasteiger partial charge is 0.316 e. The zero-order valence-electron chi connectivity index (χ0n) is 10.3. The lowest BCUT2D eigenvalue weighted by atomic mass is 10.1. The molecule has 1 N–H and O–H groups in total. The van der Waals surface area contributed by atoms with Crippen LogP contribution in [0.2, 0.25) is 0 Å². The Kier molecular flexibility index (Phi) is 4.36. The molecule has 1 heterocycles. The molecule has 0 spiro atoms. The van der Waals surface area contributed by atoms with Gasteiger partial charge in [-0.05, 0) is 44.6 Å². The first-order chi connectivity index (χ1) is 7.75. The third-order valence-corrected chi connectivity index (χ3v) is 4.60. The highest BCUT2D eigenvalue weighted by molar-refractivity contribution is 7.09. The summed E-state index contributed by atoms with van der Waals surface area (Å²) in [5, 5.41) is 3.59. The van der Waals surface area contributed by atoms with E-state index in [9.17, 15) is 0 Å². The van der Waals surface area contributed by atoms with Gasteiger partial charge in [0, 0.05) is 11.4 Å². The summed E-state index contributed by atoms with van der Waals surface area (Å²) in [5.74, 6) is 1.88. The zero-order chi connectivity index (χ0) is 11.4. The Balaban J connectivity index is 1.60. The van der Waals surface area contributed by atoms with Gasteiger partial charge in [0.25, 0.3) is 0 Å². The Labute approximate surface area is 102 Å². The minimum atomic E-state index is 0.928. The Morgan fingerprint density at radius 1 is 1.50 bits per heavy atom. The minimum absolute atomic E-state index is 0.928. The maximum absolute atomic E-state index is 4.27. The molecule has 3 heteroatoms. The summed E-state index contributed by atoms with van der Waals surface area (Å²) in [6.07, 6.45) is 5.42. The molecule has 0 bridgehead atoms. The van der Waals surface area contributed by atoms with Crippen LogP contribution in [0.15, 0.2) is 5.51 Å². The third-order valence-electron chi connectivity index (χ3n) is 3.61. The molecular formula is C13H22N2S. The summed E-state index contributed by atoms with van der Waals surface area (Å²) < 4.78 is 0. The highest BCUT2D eigenvalue weighted by atomic mass is 32.1. The van der Waals surface area contributed by atoms with Crippen LogP contribution in [-0.2, 0) is 6.42 Å². The first-order valence-electron chi connectivity index (χ1n) is 6.35. The topological polar surface area (TPSA) is 24.9 Å². The Bertz CT molecular complexity index is 321. The van der Waals surface area contributed by atoms with E-state index in [0.29, 0.717) is 0 Å². The van der Waals surface area contributed by atoms with Gasteiger partial charge in [-0.3, -0.25) is 0 Å². The van der Waals surface area contributed by atoms with Crippen molar-refractivity contribution in [2.45, 2.75) is 39.5 Å². The van der Waals surface area contributed by atoms with Crippen molar-refractivity contribution < 1.29 is 0 Å². The summed E-state index contributed by atoms with van der Waals surface area (Å²) in [4.78, 5) is 5.71. The van der Waals surface area contributed by atoms with Gasteiger partial charge in [0.05, 0.1) is 11.2 Å². The van der Waals surface area contributed by atoms with Crippen LogP contribution in [0.3, 0.4) is 0 Å². The lowest BCUT2D eigenvalue weighted by Crippen LogP contribution is -2.23. The Morgan fingerprint density at radius 3 is 3.00 bits per heavy atom. The summed E-state index contributed by atoms with van der Waals surface area (Å²) >= 11 is 1.78. The molecule has 0 aliphatic heterocycles. The van der Waals surface area contributed by atoms with Gasteiger partial charge in [-0.1, -0.05) is 13.3 Å². The Morgan fingerprint density at radius 2 is 2.38 bits per heavy atom. The molecule has 90 valence electrons. The normalized spacial score (nSPS) is 25.1. The molecule has 0 saturated heterocycles. The fourth-order valence-corrected chi connectivity index (χ4v) is 3.37. The number of aromatic nitrogens is 1. The van der Waals surface area contributed by atoms with Gasteiger partial charge in [-0.2, -0.15) is 0 Å². The molecule has 16 heavy (non-hydrogen) atoms. The fraction of sp³-hybridized carbons (Fsp3) is 0.769. The molecule has 0 amide bonds. The van der Waals surface area contributed by atoms with Crippen molar-refractivity contribution in [1.29, 1.82) is 0 Å². The van der Waals surface area contributed by atoms with Crippen LogP contribution < -0.4 is 5.32 Å². The van der Waals surface area contributed by atoms with Crippen molar-refractivity contribution in [3.8, 4) is 0 Å². The minimum Gasteiger partial charge on any atom is -0.316 e. The maximum Gasteiger partial charge on any atom is 0.0797 e. The summed E-state index contributed by atoms with van der Waals surface area (Å²) in [6.45, 7) is 6.79. The average molecular weight is 238 g/mol. The van der Waals surface area contributed by atoms with Crippen LogP contribution in [0, 0.1) is 18.8 Å². The first kappa shape index (κ1) is 12.1. The van der Waals surface area contributed by atoms with E-state index in [0.717, 1.165) is 24.8 Å². The van der Waals surface area contributed by atoms with Crippen LogP contribution in [0.4, 0.5) is 0 Å². The van der Waals surface area contributed by atoms with Crippen molar-refractivity contribution in [2.75, 3.05) is 13.1 Å². The van der Waals surface area contributed by atoms with Gasteiger partial charge in [-0.25, -0.2) is 4.98 Å². The fourth-order valence-electron chi connectivity index (χ4n) is 2.58. The molecule has 2 atom stereocenters. The lowest BCUT2D eigenvalue weighted by Gasteiger charge is -2.10. The second kappa shape index (κ2) is 5.78. The van der Waals surface area contributed by atoms with E-state index in [1.165, 1.54) is 36.4 Å². The highest BCUT2D eigenvalue weighted by Crippen LogP contribution is 2.29. The van der Waals surface area contributed by atoms with Crippen molar-refractivity contribution >= 4 is 11.3 Å². The maximum atomic E-state index is 4.27. The van der Waals surface area contributed by atoms with E-state index < -0.39 is 0 Å². The SMILES string of the molecule is Cc1ncsc1CCNCC1CCC(C)C1. The number of hydrogen-bond acceptors (Lipinski definition) is 3. The summed E-state index contributed by atoms with van der Waals surface area (Å²) in [7, 11) is 0. The molecule has 2 unspecified atom stereocenters. The zero-order valence-corrected chi connectivity index (χ0v) is 11.1. The van der Waals surface area contributed by atoms with E-state index in [4.69, 9.17) is 0 Å². The number of nitrogens with zero attached hydrogens (tertiary/aromatic N) is 1. The molecule has 2 nitrogen and oxygen atoms in total. The highest BCUT2D eigenvalue weighted by Gasteiger charge is 2.20. The molecule has 0 aromatic carbocycles. The van der Waals surface area contributed by atoms with Gasteiger partial charge < -0.3 is 5.32 Å². The molecule has 2 rings (SSSR count). The molecular weight excluding hydrogens is 216 g/mol. The van der Waals surface area contributed by atoms with Crippen molar-refractivity contribution in [2.24, 2.45) is 11.8 Å². The number of thiazole rings is 1. The predicted octanol–water partition coefficient (Wildman–Crippen LogP) is 3.02. The summed E-state index contributed by atoms with van der Waals surface area (Å²) in [5.41, 5.74) is 3.16. The average Bonchev–Trinajstić information content (AvgIpc) is 2.83. The van der Waals surface area contributed by atoms with Crippen LogP contribution in [-0.4, -0.2) is 18.1 Å². The molecule has 1 aromatic heterocycles. The number of nitrogens with one attached hydrogen (secondary N) is 1. The summed E-state index contributed by atoms with van der Waals surface area (Å²) in [6, 6.07) is 0. The van der Waals surface area contributed by atoms with Gasteiger partial charge in [0.15, 0.2) is 0 Å². The molecule has 0 radical (unpaired) electrons. The standard InChI is InChI=1S/C13H22N2S/c1-10-3-4-12(7-10)8-14-6-5-13-11(2)15-9-16-13/h9-10,12,14H,3-8H2,1-2H3. The lowest BCUT2D eigenvalue weighted by molar-refractivity contribution is 0.473. The van der Waals surface area contributed by atoms with Crippen molar-refractivity contribution in [1.82, 2.24) is 10.3 Å². The monoisotopic (exact) mass is 238 g/mol. The number of rotatable bonds is 5. The van der Waals surface area contributed by atoms with Gasteiger partial charge in [-0.15, -0.1) is 11.3 Å².